The molecule has 146 valence electrons. The SMILES string of the molecule is c1ccc(-c2ccc3ncccc3c2-c2sc(-c3ccccc3)c3ccccc23)cc1. The molecule has 1 nitrogen and oxygen atoms in total. The molecule has 6 aromatic rings. The smallest absolute Gasteiger partial charge is 0.0708 e. The van der Waals surface area contributed by atoms with Crippen LogP contribution in [0, 0.1) is 0 Å². The minimum absolute atomic E-state index is 1.02. The van der Waals surface area contributed by atoms with Crippen molar-refractivity contribution in [3.8, 4) is 32.0 Å². The average molecular weight is 414 g/mol. The molecule has 6 rings (SSSR count). The molecule has 0 saturated heterocycles. The number of aromatic nitrogens is 1. The van der Waals surface area contributed by atoms with E-state index in [2.05, 4.69) is 108 Å². The van der Waals surface area contributed by atoms with Gasteiger partial charge in [-0.1, -0.05) is 97.1 Å². The fourth-order valence-corrected chi connectivity index (χ4v) is 5.69. The second-order valence-corrected chi connectivity index (χ2v) is 8.62. The van der Waals surface area contributed by atoms with Crippen molar-refractivity contribution in [3.63, 3.8) is 0 Å². The van der Waals surface area contributed by atoms with Crippen molar-refractivity contribution in [3.05, 3.63) is 115 Å². The number of hydrogen-bond acceptors (Lipinski definition) is 2. The molecule has 0 radical (unpaired) electrons. The Bertz CT molecular complexity index is 1510. The Balaban J connectivity index is 1.74. The molecule has 2 aromatic heterocycles. The molecule has 2 heterocycles. The monoisotopic (exact) mass is 413 g/mol. The quantitative estimate of drug-likeness (QED) is 0.283. The molecule has 31 heavy (non-hydrogen) atoms. The summed E-state index contributed by atoms with van der Waals surface area (Å²) in [7, 11) is 0. The molecule has 0 unspecified atom stereocenters. The van der Waals surface area contributed by atoms with Crippen LogP contribution in [-0.2, 0) is 0 Å². The Kier molecular flexibility index (Phi) is 4.37. The van der Waals surface area contributed by atoms with Crippen LogP contribution in [0.4, 0.5) is 0 Å². The molecular weight excluding hydrogens is 394 g/mol. The fourth-order valence-electron chi connectivity index (χ4n) is 4.34. The third-order valence-electron chi connectivity index (χ3n) is 5.75. The van der Waals surface area contributed by atoms with Gasteiger partial charge in [-0.2, -0.15) is 0 Å². The van der Waals surface area contributed by atoms with Crippen LogP contribution in [0.5, 0.6) is 0 Å². The largest absolute Gasteiger partial charge is 0.256 e. The first-order valence-electron chi connectivity index (χ1n) is 10.4. The highest BCUT2D eigenvalue weighted by molar-refractivity contribution is 7.21. The van der Waals surface area contributed by atoms with Crippen LogP contribution >= 0.6 is 11.3 Å². The number of thiophene rings is 1. The van der Waals surface area contributed by atoms with Gasteiger partial charge >= 0.3 is 0 Å². The van der Waals surface area contributed by atoms with Gasteiger partial charge in [-0.05, 0) is 28.8 Å². The Morgan fingerprint density at radius 2 is 1.10 bits per heavy atom. The molecule has 0 atom stereocenters. The van der Waals surface area contributed by atoms with Crippen molar-refractivity contribution >= 4 is 33.0 Å². The third kappa shape index (κ3) is 3.04. The molecule has 0 aliphatic carbocycles. The van der Waals surface area contributed by atoms with Crippen molar-refractivity contribution in [2.75, 3.05) is 0 Å². The number of fused-ring (bicyclic) bond motifs is 2. The fraction of sp³-hybridized carbons (Fsp3) is 0. The molecular formula is C29H19NS. The van der Waals surface area contributed by atoms with E-state index in [0.29, 0.717) is 0 Å². The summed E-state index contributed by atoms with van der Waals surface area (Å²) in [5.41, 5.74) is 6.01. The van der Waals surface area contributed by atoms with Gasteiger partial charge in [0.25, 0.3) is 0 Å². The lowest BCUT2D eigenvalue weighted by Gasteiger charge is -2.13. The summed E-state index contributed by atoms with van der Waals surface area (Å²) in [4.78, 5) is 7.26. The maximum absolute atomic E-state index is 4.65. The Morgan fingerprint density at radius 3 is 1.84 bits per heavy atom. The predicted molar refractivity (Wildman–Crippen MR) is 133 cm³/mol. The second-order valence-electron chi connectivity index (χ2n) is 7.60. The van der Waals surface area contributed by atoms with Crippen LogP contribution in [0.2, 0.25) is 0 Å². The van der Waals surface area contributed by atoms with Crippen molar-refractivity contribution in [2.45, 2.75) is 0 Å². The normalized spacial score (nSPS) is 11.2. The summed E-state index contributed by atoms with van der Waals surface area (Å²) < 4.78 is 0. The molecule has 0 saturated carbocycles. The van der Waals surface area contributed by atoms with E-state index in [1.165, 1.54) is 48.2 Å². The van der Waals surface area contributed by atoms with Gasteiger partial charge in [0.1, 0.15) is 0 Å². The highest BCUT2D eigenvalue weighted by atomic mass is 32.1. The second kappa shape index (κ2) is 7.50. The van der Waals surface area contributed by atoms with E-state index in [4.69, 9.17) is 0 Å². The third-order valence-corrected chi connectivity index (χ3v) is 7.04. The minimum atomic E-state index is 1.02. The molecule has 4 aromatic carbocycles. The van der Waals surface area contributed by atoms with Gasteiger partial charge in [-0.3, -0.25) is 4.98 Å². The van der Waals surface area contributed by atoms with Crippen LogP contribution < -0.4 is 0 Å². The molecule has 0 aliphatic rings. The summed E-state index contributed by atoms with van der Waals surface area (Å²) in [6.45, 7) is 0. The Hall–Kier alpha value is -3.75. The van der Waals surface area contributed by atoms with Gasteiger partial charge in [0.2, 0.25) is 0 Å². The first-order valence-corrected chi connectivity index (χ1v) is 11.2. The first kappa shape index (κ1) is 18.1. The molecule has 0 aliphatic heterocycles. The Labute approximate surface area is 185 Å². The summed E-state index contributed by atoms with van der Waals surface area (Å²) in [6.07, 6.45) is 1.87. The summed E-state index contributed by atoms with van der Waals surface area (Å²) in [5, 5.41) is 3.78. The van der Waals surface area contributed by atoms with E-state index in [-0.39, 0.29) is 0 Å². The zero-order valence-electron chi connectivity index (χ0n) is 16.8. The first-order chi connectivity index (χ1) is 15.4. The lowest BCUT2D eigenvalue weighted by Crippen LogP contribution is -1.88. The highest BCUT2D eigenvalue weighted by Gasteiger charge is 2.19. The summed E-state index contributed by atoms with van der Waals surface area (Å²) in [6, 6.07) is 38.7. The standard InChI is InChI=1S/C29H19NS/c1-3-10-20(11-4-1)22-17-18-26-25(16-9-19-30-26)27(22)29-24-15-8-7-14-23(24)28(31-29)21-12-5-2-6-13-21/h1-19H. The number of pyridine rings is 1. The highest BCUT2D eigenvalue weighted by Crippen LogP contribution is 2.48. The zero-order valence-corrected chi connectivity index (χ0v) is 17.6. The zero-order chi connectivity index (χ0) is 20.6. The van der Waals surface area contributed by atoms with Crippen molar-refractivity contribution in [1.82, 2.24) is 4.98 Å². The van der Waals surface area contributed by atoms with Gasteiger partial charge in [-0.25, -0.2) is 0 Å². The lowest BCUT2D eigenvalue weighted by molar-refractivity contribution is 1.41. The topological polar surface area (TPSA) is 12.9 Å². The summed E-state index contributed by atoms with van der Waals surface area (Å²) in [5.74, 6) is 0. The lowest BCUT2D eigenvalue weighted by atomic mass is 9.93. The van der Waals surface area contributed by atoms with Gasteiger partial charge in [0.05, 0.1) is 5.52 Å². The number of benzene rings is 4. The van der Waals surface area contributed by atoms with Crippen molar-refractivity contribution in [2.24, 2.45) is 0 Å². The van der Waals surface area contributed by atoms with Crippen LogP contribution in [-0.4, -0.2) is 4.98 Å². The molecule has 0 N–H and O–H groups in total. The summed E-state index contributed by atoms with van der Waals surface area (Å²) >= 11 is 1.87. The molecule has 0 spiro atoms. The van der Waals surface area contributed by atoms with E-state index in [0.717, 1.165) is 5.52 Å². The van der Waals surface area contributed by atoms with Gasteiger partial charge in [0, 0.05) is 37.7 Å². The molecule has 0 amide bonds. The number of rotatable bonds is 3. The molecule has 0 bridgehead atoms. The minimum Gasteiger partial charge on any atom is -0.256 e. The van der Waals surface area contributed by atoms with E-state index < -0.39 is 0 Å². The van der Waals surface area contributed by atoms with Gasteiger partial charge < -0.3 is 0 Å². The number of hydrogen-bond donors (Lipinski definition) is 0. The average Bonchev–Trinajstić information content (AvgIpc) is 3.24. The van der Waals surface area contributed by atoms with Crippen LogP contribution in [0.1, 0.15) is 0 Å². The maximum Gasteiger partial charge on any atom is 0.0708 e. The van der Waals surface area contributed by atoms with Gasteiger partial charge in [0.15, 0.2) is 0 Å². The van der Waals surface area contributed by atoms with Crippen molar-refractivity contribution in [1.29, 1.82) is 0 Å². The van der Waals surface area contributed by atoms with E-state index >= 15 is 0 Å². The van der Waals surface area contributed by atoms with Crippen molar-refractivity contribution < 1.29 is 0 Å². The van der Waals surface area contributed by atoms with Crippen LogP contribution in [0.25, 0.3) is 53.7 Å². The Morgan fingerprint density at radius 1 is 0.484 bits per heavy atom. The van der Waals surface area contributed by atoms with E-state index in [1.54, 1.807) is 0 Å². The van der Waals surface area contributed by atoms with Crippen LogP contribution in [0.15, 0.2) is 115 Å². The molecule has 2 heteroatoms. The van der Waals surface area contributed by atoms with Crippen LogP contribution in [0.3, 0.4) is 0 Å². The predicted octanol–water partition coefficient (Wildman–Crippen LogP) is 8.45. The van der Waals surface area contributed by atoms with E-state index in [1.807, 2.05) is 23.6 Å². The van der Waals surface area contributed by atoms with Gasteiger partial charge in [-0.15, -0.1) is 11.3 Å². The molecule has 0 fully saturated rings. The number of nitrogens with zero attached hydrogens (tertiary/aromatic N) is 1. The van der Waals surface area contributed by atoms with E-state index in [9.17, 15) is 0 Å². The maximum atomic E-state index is 4.65.